The van der Waals surface area contributed by atoms with Gasteiger partial charge in [0.25, 0.3) is 0 Å². The Morgan fingerprint density at radius 1 is 1.57 bits per heavy atom. The predicted octanol–water partition coefficient (Wildman–Crippen LogP) is 2.49. The van der Waals surface area contributed by atoms with Crippen molar-refractivity contribution >= 4 is 11.6 Å². The summed E-state index contributed by atoms with van der Waals surface area (Å²) in [6, 6.07) is 0.409. The zero-order valence-electron chi connectivity index (χ0n) is 8.83. The molecule has 0 spiro atoms. The van der Waals surface area contributed by atoms with Crippen LogP contribution in [0.4, 0.5) is 0 Å². The fraction of sp³-hybridized carbons (Fsp3) is 0.700. The fourth-order valence-corrected chi connectivity index (χ4v) is 1.44. The Balaban J connectivity index is 2.25. The minimum Gasteiger partial charge on any atom is -0.317 e. The first-order chi connectivity index (χ1) is 6.74. The van der Waals surface area contributed by atoms with E-state index in [0.717, 1.165) is 19.5 Å². The highest BCUT2D eigenvalue weighted by Crippen LogP contribution is 2.12. The molecule has 1 unspecified atom stereocenters. The van der Waals surface area contributed by atoms with Crippen molar-refractivity contribution in [3.8, 4) is 0 Å². The van der Waals surface area contributed by atoms with E-state index in [1.807, 2.05) is 10.9 Å². The van der Waals surface area contributed by atoms with Crippen molar-refractivity contribution in [3.63, 3.8) is 0 Å². The summed E-state index contributed by atoms with van der Waals surface area (Å²) in [5, 5.41) is 8.25. The van der Waals surface area contributed by atoms with E-state index in [0.29, 0.717) is 11.1 Å². The largest absolute Gasteiger partial charge is 0.317 e. The quantitative estimate of drug-likeness (QED) is 0.739. The van der Waals surface area contributed by atoms with Gasteiger partial charge in [-0.05, 0) is 32.9 Å². The van der Waals surface area contributed by atoms with Gasteiger partial charge in [0.2, 0.25) is 0 Å². The average molecular weight is 216 g/mol. The Hall–Kier alpha value is -0.540. The highest BCUT2D eigenvalue weighted by molar-refractivity contribution is 6.30. The number of hydrogen-bond donors (Lipinski definition) is 1. The average Bonchev–Trinajstić information content (AvgIpc) is 2.59. The normalized spacial score (nSPS) is 13.1. The summed E-state index contributed by atoms with van der Waals surface area (Å²) in [6.07, 6.45) is 5.81. The summed E-state index contributed by atoms with van der Waals surface area (Å²) in [6.45, 7) is 6.44. The first kappa shape index (κ1) is 11.5. The van der Waals surface area contributed by atoms with Crippen LogP contribution in [-0.2, 0) is 0 Å². The van der Waals surface area contributed by atoms with Crippen LogP contribution in [-0.4, -0.2) is 22.9 Å². The van der Waals surface area contributed by atoms with Gasteiger partial charge >= 0.3 is 0 Å². The molecule has 0 aliphatic heterocycles. The molecule has 1 atom stereocenters. The lowest BCUT2D eigenvalue weighted by molar-refractivity contribution is 0.444. The highest BCUT2D eigenvalue weighted by atomic mass is 35.5. The molecular formula is C10H18ClN3. The Morgan fingerprint density at radius 3 is 2.93 bits per heavy atom. The number of rotatable bonds is 6. The summed E-state index contributed by atoms with van der Waals surface area (Å²) in [5.41, 5.74) is 0. The van der Waals surface area contributed by atoms with Gasteiger partial charge in [-0.15, -0.1) is 0 Å². The molecule has 1 aromatic rings. The van der Waals surface area contributed by atoms with Crippen LogP contribution in [0.2, 0.25) is 5.02 Å². The van der Waals surface area contributed by atoms with E-state index in [9.17, 15) is 0 Å². The molecule has 0 bridgehead atoms. The molecule has 0 saturated carbocycles. The van der Waals surface area contributed by atoms with Crippen molar-refractivity contribution in [2.75, 3.05) is 13.1 Å². The summed E-state index contributed by atoms with van der Waals surface area (Å²) >= 11 is 5.79. The standard InChI is InChI=1S/C10H18ClN3/c1-3-5-12-6-4-9(2)14-8-10(11)7-13-14/h7-9,12H,3-6H2,1-2H3. The van der Waals surface area contributed by atoms with Gasteiger partial charge < -0.3 is 5.32 Å². The molecule has 0 radical (unpaired) electrons. The van der Waals surface area contributed by atoms with Crippen molar-refractivity contribution < 1.29 is 0 Å². The van der Waals surface area contributed by atoms with Crippen LogP contribution in [0.3, 0.4) is 0 Å². The van der Waals surface area contributed by atoms with Crippen LogP contribution in [0, 0.1) is 0 Å². The van der Waals surface area contributed by atoms with Gasteiger partial charge in [-0.2, -0.15) is 5.10 Å². The molecule has 0 aliphatic rings. The molecule has 3 nitrogen and oxygen atoms in total. The maximum absolute atomic E-state index is 5.79. The lowest BCUT2D eigenvalue weighted by Gasteiger charge is -2.12. The number of halogens is 1. The molecule has 0 aliphatic carbocycles. The van der Waals surface area contributed by atoms with E-state index in [-0.39, 0.29) is 0 Å². The van der Waals surface area contributed by atoms with Gasteiger partial charge in [0, 0.05) is 6.20 Å². The molecule has 1 heterocycles. The zero-order valence-corrected chi connectivity index (χ0v) is 9.59. The summed E-state index contributed by atoms with van der Waals surface area (Å²) in [7, 11) is 0. The molecule has 14 heavy (non-hydrogen) atoms. The van der Waals surface area contributed by atoms with E-state index in [2.05, 4.69) is 24.3 Å². The fourth-order valence-electron chi connectivity index (χ4n) is 1.30. The molecule has 1 N–H and O–H groups in total. The Labute approximate surface area is 90.4 Å². The van der Waals surface area contributed by atoms with Crippen molar-refractivity contribution in [2.45, 2.75) is 32.7 Å². The number of nitrogens with one attached hydrogen (secondary N) is 1. The monoisotopic (exact) mass is 215 g/mol. The second kappa shape index (κ2) is 6.04. The second-order valence-electron chi connectivity index (χ2n) is 3.53. The first-order valence-corrected chi connectivity index (χ1v) is 5.52. The molecule has 4 heteroatoms. The van der Waals surface area contributed by atoms with Crippen molar-refractivity contribution in [3.05, 3.63) is 17.4 Å². The number of hydrogen-bond acceptors (Lipinski definition) is 2. The van der Waals surface area contributed by atoms with E-state index < -0.39 is 0 Å². The predicted molar refractivity (Wildman–Crippen MR) is 59.7 cm³/mol. The second-order valence-corrected chi connectivity index (χ2v) is 3.96. The topological polar surface area (TPSA) is 29.9 Å². The third-order valence-corrected chi connectivity index (χ3v) is 2.38. The minimum absolute atomic E-state index is 0.409. The Kier molecular flexibility index (Phi) is 4.98. The molecule has 1 aromatic heterocycles. The summed E-state index contributed by atoms with van der Waals surface area (Å²) in [4.78, 5) is 0. The van der Waals surface area contributed by atoms with E-state index in [4.69, 9.17) is 11.6 Å². The smallest absolute Gasteiger partial charge is 0.0785 e. The van der Waals surface area contributed by atoms with Crippen molar-refractivity contribution in [1.29, 1.82) is 0 Å². The van der Waals surface area contributed by atoms with E-state index in [1.165, 1.54) is 6.42 Å². The van der Waals surface area contributed by atoms with Crippen LogP contribution < -0.4 is 5.32 Å². The first-order valence-electron chi connectivity index (χ1n) is 5.14. The van der Waals surface area contributed by atoms with Gasteiger partial charge in [0.1, 0.15) is 0 Å². The molecule has 0 saturated heterocycles. The molecule has 0 amide bonds. The SMILES string of the molecule is CCCNCCC(C)n1cc(Cl)cn1. The van der Waals surface area contributed by atoms with Crippen LogP contribution in [0.5, 0.6) is 0 Å². The Morgan fingerprint density at radius 2 is 2.36 bits per heavy atom. The lowest BCUT2D eigenvalue weighted by atomic mass is 10.2. The van der Waals surface area contributed by atoms with Crippen LogP contribution in [0.15, 0.2) is 12.4 Å². The van der Waals surface area contributed by atoms with E-state index in [1.54, 1.807) is 6.20 Å². The molecular weight excluding hydrogens is 198 g/mol. The third-order valence-electron chi connectivity index (χ3n) is 2.19. The summed E-state index contributed by atoms with van der Waals surface area (Å²) < 4.78 is 1.91. The van der Waals surface area contributed by atoms with Crippen molar-refractivity contribution in [1.82, 2.24) is 15.1 Å². The number of nitrogens with zero attached hydrogens (tertiary/aromatic N) is 2. The zero-order chi connectivity index (χ0) is 10.4. The van der Waals surface area contributed by atoms with Crippen LogP contribution >= 0.6 is 11.6 Å². The van der Waals surface area contributed by atoms with Gasteiger partial charge in [-0.3, -0.25) is 4.68 Å². The van der Waals surface area contributed by atoms with Crippen LogP contribution in [0.1, 0.15) is 32.7 Å². The summed E-state index contributed by atoms with van der Waals surface area (Å²) in [5.74, 6) is 0. The maximum Gasteiger partial charge on any atom is 0.0785 e. The molecule has 80 valence electrons. The Bertz CT molecular complexity index is 260. The number of aromatic nitrogens is 2. The van der Waals surface area contributed by atoms with Gasteiger partial charge in [0.15, 0.2) is 0 Å². The highest BCUT2D eigenvalue weighted by Gasteiger charge is 2.04. The minimum atomic E-state index is 0.409. The van der Waals surface area contributed by atoms with Gasteiger partial charge in [-0.25, -0.2) is 0 Å². The molecule has 0 fully saturated rings. The van der Waals surface area contributed by atoms with Crippen molar-refractivity contribution in [2.24, 2.45) is 0 Å². The van der Waals surface area contributed by atoms with Gasteiger partial charge in [0.05, 0.1) is 17.3 Å². The maximum atomic E-state index is 5.79. The van der Waals surface area contributed by atoms with E-state index >= 15 is 0 Å². The molecule has 1 rings (SSSR count). The molecule has 0 aromatic carbocycles. The third kappa shape index (κ3) is 3.68. The van der Waals surface area contributed by atoms with Crippen LogP contribution in [0.25, 0.3) is 0 Å². The van der Waals surface area contributed by atoms with Gasteiger partial charge in [-0.1, -0.05) is 18.5 Å². The lowest BCUT2D eigenvalue weighted by Crippen LogP contribution is -2.19.